The van der Waals surface area contributed by atoms with Crippen LogP contribution in [0.5, 0.6) is 0 Å². The van der Waals surface area contributed by atoms with Gasteiger partial charge in [-0.25, -0.2) is 18.1 Å². The van der Waals surface area contributed by atoms with Crippen molar-refractivity contribution in [2.24, 2.45) is 0 Å². The van der Waals surface area contributed by atoms with Gasteiger partial charge in [0.15, 0.2) is 0 Å². The fourth-order valence-electron chi connectivity index (χ4n) is 3.12. The molecule has 1 saturated heterocycles. The summed E-state index contributed by atoms with van der Waals surface area (Å²) in [4.78, 5) is 18.6. The van der Waals surface area contributed by atoms with Crippen LogP contribution in [0.4, 0.5) is 0 Å². The normalized spacial score (nSPS) is 18.4. The van der Waals surface area contributed by atoms with Gasteiger partial charge in [0.05, 0.1) is 6.54 Å². The first-order valence-corrected chi connectivity index (χ1v) is 10.7. The quantitative estimate of drug-likeness (QED) is 0.823. The van der Waals surface area contributed by atoms with E-state index < -0.39 is 10.0 Å². The predicted octanol–water partition coefficient (Wildman–Crippen LogP) is 1.65. The number of likely N-dealkylation sites (tertiary alicyclic amines) is 1. The largest absolute Gasteiger partial charge is 0.341 e. The van der Waals surface area contributed by atoms with Crippen molar-refractivity contribution >= 4 is 27.3 Å². The van der Waals surface area contributed by atoms with Crippen LogP contribution in [-0.4, -0.2) is 48.4 Å². The van der Waals surface area contributed by atoms with Crippen molar-refractivity contribution in [1.29, 1.82) is 0 Å². The molecule has 2 aromatic heterocycles. The van der Waals surface area contributed by atoms with E-state index in [1.54, 1.807) is 22.5 Å². The summed E-state index contributed by atoms with van der Waals surface area (Å²) in [6.45, 7) is 3.94. The molecule has 1 aliphatic rings. The average Bonchev–Trinajstić information content (AvgIpc) is 3.31. The number of hydrogen-bond acceptors (Lipinski definition) is 5. The van der Waals surface area contributed by atoms with Crippen LogP contribution in [-0.2, 0) is 21.4 Å². The summed E-state index contributed by atoms with van der Waals surface area (Å²) in [5, 5.41) is 1.70. The molecule has 0 bridgehead atoms. The van der Waals surface area contributed by atoms with Crippen molar-refractivity contribution in [2.75, 3.05) is 19.6 Å². The van der Waals surface area contributed by atoms with E-state index in [-0.39, 0.29) is 22.6 Å². The molecule has 0 radical (unpaired) electrons. The van der Waals surface area contributed by atoms with Gasteiger partial charge in [-0.15, -0.1) is 11.3 Å². The summed E-state index contributed by atoms with van der Waals surface area (Å²) in [5.74, 6) is 1.00. The van der Waals surface area contributed by atoms with Crippen LogP contribution in [0.2, 0.25) is 0 Å². The lowest BCUT2D eigenvalue weighted by molar-refractivity contribution is -0.131. The summed E-state index contributed by atoms with van der Waals surface area (Å²) in [6, 6.07) is 3.20. The minimum atomic E-state index is -3.61. The van der Waals surface area contributed by atoms with E-state index in [1.165, 1.54) is 6.07 Å². The molecule has 0 aliphatic carbocycles. The van der Waals surface area contributed by atoms with E-state index in [2.05, 4.69) is 21.2 Å². The molecule has 3 heterocycles. The highest BCUT2D eigenvalue weighted by atomic mass is 32.2. The van der Waals surface area contributed by atoms with Gasteiger partial charge in [-0.3, -0.25) is 4.79 Å². The van der Waals surface area contributed by atoms with Crippen LogP contribution in [0.1, 0.15) is 31.5 Å². The highest BCUT2D eigenvalue weighted by Crippen LogP contribution is 2.26. The maximum absolute atomic E-state index is 12.5. The zero-order chi connectivity index (χ0) is 17.9. The van der Waals surface area contributed by atoms with Crippen LogP contribution in [0, 0.1) is 0 Å². The zero-order valence-corrected chi connectivity index (χ0v) is 15.7. The number of aromatic nitrogens is 2. The summed E-state index contributed by atoms with van der Waals surface area (Å²) in [6.07, 6.45) is 5.62. The maximum Gasteiger partial charge on any atom is 0.250 e. The number of nitrogens with one attached hydrogen (secondary N) is 1. The Labute approximate surface area is 151 Å². The van der Waals surface area contributed by atoms with Gasteiger partial charge in [-0.05, 0) is 31.2 Å². The first kappa shape index (κ1) is 18.1. The van der Waals surface area contributed by atoms with Gasteiger partial charge >= 0.3 is 0 Å². The summed E-state index contributed by atoms with van der Waals surface area (Å²) >= 11 is 1.13. The van der Waals surface area contributed by atoms with Crippen molar-refractivity contribution < 1.29 is 13.2 Å². The highest BCUT2D eigenvalue weighted by molar-refractivity contribution is 7.91. The minimum Gasteiger partial charge on any atom is -0.341 e. The lowest BCUT2D eigenvalue weighted by Gasteiger charge is -2.32. The zero-order valence-electron chi connectivity index (χ0n) is 14.1. The molecule has 2 aromatic rings. The molecule has 9 heteroatoms. The summed E-state index contributed by atoms with van der Waals surface area (Å²) in [5.41, 5.74) is 0. The van der Waals surface area contributed by atoms with Gasteiger partial charge in [0.1, 0.15) is 10.0 Å². The Balaban J connectivity index is 1.61. The molecule has 0 aromatic carbocycles. The highest BCUT2D eigenvalue weighted by Gasteiger charge is 2.28. The number of carbonyl (C=O) groups excluding carboxylic acids is 1. The lowest BCUT2D eigenvalue weighted by Crippen LogP contribution is -2.44. The van der Waals surface area contributed by atoms with Gasteiger partial charge in [-0.2, -0.15) is 0 Å². The van der Waals surface area contributed by atoms with E-state index in [0.29, 0.717) is 13.1 Å². The molecule has 1 atom stereocenters. The van der Waals surface area contributed by atoms with Crippen molar-refractivity contribution in [2.45, 2.75) is 36.4 Å². The summed E-state index contributed by atoms with van der Waals surface area (Å²) < 4.78 is 29.0. The Kier molecular flexibility index (Phi) is 5.55. The van der Waals surface area contributed by atoms with Crippen molar-refractivity contribution in [1.82, 2.24) is 19.2 Å². The maximum atomic E-state index is 12.5. The second kappa shape index (κ2) is 7.67. The van der Waals surface area contributed by atoms with Crippen molar-refractivity contribution in [3.05, 3.63) is 35.7 Å². The molecule has 1 aliphatic heterocycles. The molecule has 7 nitrogen and oxygen atoms in total. The minimum absolute atomic E-state index is 0.195. The monoisotopic (exact) mass is 382 g/mol. The molecule has 0 spiro atoms. The Morgan fingerprint density at radius 1 is 1.48 bits per heavy atom. The fraction of sp³-hybridized carbons (Fsp3) is 0.500. The third kappa shape index (κ3) is 4.10. The molecule has 1 amide bonds. The number of hydrogen-bond donors (Lipinski definition) is 1. The van der Waals surface area contributed by atoms with Crippen LogP contribution >= 0.6 is 11.3 Å². The third-order valence-corrected chi connectivity index (χ3v) is 7.20. The van der Waals surface area contributed by atoms with E-state index in [0.717, 1.165) is 36.5 Å². The van der Waals surface area contributed by atoms with Gasteiger partial charge in [-0.1, -0.05) is 6.07 Å². The fourth-order valence-corrected chi connectivity index (χ4v) is 5.13. The summed E-state index contributed by atoms with van der Waals surface area (Å²) in [7, 11) is -3.61. The molecular weight excluding hydrogens is 360 g/mol. The van der Waals surface area contributed by atoms with Crippen LogP contribution in [0.15, 0.2) is 34.1 Å². The van der Waals surface area contributed by atoms with Crippen LogP contribution in [0.25, 0.3) is 0 Å². The number of sulfonamides is 1. The topological polar surface area (TPSA) is 84.3 Å². The number of rotatable bonds is 6. The van der Waals surface area contributed by atoms with Crippen LogP contribution in [0.3, 0.4) is 0 Å². The average molecular weight is 383 g/mol. The predicted molar refractivity (Wildman–Crippen MR) is 96.0 cm³/mol. The molecule has 0 saturated carbocycles. The molecular formula is C16H22N4O3S2. The Hall–Kier alpha value is -1.71. The van der Waals surface area contributed by atoms with E-state index in [4.69, 9.17) is 0 Å². The standard InChI is InChI=1S/C16H22N4O3S2/c1-2-19-9-7-17-16(19)13-5-3-8-20(12-13)14(21)11-18-25(22,23)15-6-4-10-24-15/h4,6-7,9-10,13,18H,2-3,5,8,11-12H2,1H3. The van der Waals surface area contributed by atoms with Crippen molar-refractivity contribution in [3.63, 3.8) is 0 Å². The first-order chi connectivity index (χ1) is 12.0. The molecule has 136 valence electrons. The molecule has 3 rings (SSSR count). The second-order valence-electron chi connectivity index (χ2n) is 6.01. The van der Waals surface area contributed by atoms with Crippen LogP contribution < -0.4 is 4.72 Å². The van der Waals surface area contributed by atoms with Gasteiger partial charge < -0.3 is 9.47 Å². The third-order valence-electron chi connectivity index (χ3n) is 4.40. The number of imidazole rings is 1. The second-order valence-corrected chi connectivity index (χ2v) is 8.95. The lowest BCUT2D eigenvalue weighted by atomic mass is 9.97. The number of piperidine rings is 1. The SMILES string of the molecule is CCn1ccnc1C1CCCN(C(=O)CNS(=O)(=O)c2cccs2)C1. The number of thiophene rings is 1. The Morgan fingerprint density at radius 3 is 3.04 bits per heavy atom. The number of nitrogens with zero attached hydrogens (tertiary/aromatic N) is 3. The van der Waals surface area contributed by atoms with Gasteiger partial charge in [0.25, 0.3) is 10.0 Å². The number of amides is 1. The first-order valence-electron chi connectivity index (χ1n) is 8.33. The Morgan fingerprint density at radius 2 is 2.32 bits per heavy atom. The molecule has 25 heavy (non-hydrogen) atoms. The van der Waals surface area contributed by atoms with Gasteiger partial charge in [0.2, 0.25) is 5.91 Å². The number of aryl methyl sites for hydroxylation is 1. The smallest absolute Gasteiger partial charge is 0.250 e. The van der Waals surface area contributed by atoms with E-state index in [1.807, 2.05) is 6.20 Å². The number of carbonyl (C=O) groups is 1. The van der Waals surface area contributed by atoms with Gasteiger partial charge in [0, 0.05) is 37.9 Å². The van der Waals surface area contributed by atoms with E-state index in [9.17, 15) is 13.2 Å². The van der Waals surface area contributed by atoms with Crippen molar-refractivity contribution in [3.8, 4) is 0 Å². The molecule has 1 N–H and O–H groups in total. The molecule has 1 fully saturated rings. The Bertz CT molecular complexity index is 814. The van der Waals surface area contributed by atoms with E-state index >= 15 is 0 Å². The molecule has 1 unspecified atom stereocenters.